The normalized spacial score (nSPS) is 10.2. The quantitative estimate of drug-likeness (QED) is 0.879. The summed E-state index contributed by atoms with van der Waals surface area (Å²) in [6.45, 7) is 5.69. The number of hydrogen-bond donors (Lipinski definition) is 1. The minimum absolute atomic E-state index is 0.0191. The third-order valence-electron chi connectivity index (χ3n) is 4.01. The van der Waals surface area contributed by atoms with Crippen LogP contribution in [0.2, 0.25) is 0 Å². The Morgan fingerprint density at radius 3 is 2.52 bits per heavy atom. The van der Waals surface area contributed by atoms with E-state index in [9.17, 15) is 9.59 Å². The van der Waals surface area contributed by atoms with Gasteiger partial charge in [0.15, 0.2) is 0 Å². The second kappa shape index (κ2) is 8.33. The Balaban J connectivity index is 2.08. The highest BCUT2D eigenvalue weighted by Gasteiger charge is 2.18. The topological polar surface area (TPSA) is 58.6 Å². The van der Waals surface area contributed by atoms with E-state index < -0.39 is 0 Å². The highest BCUT2D eigenvalue weighted by molar-refractivity contribution is 5.98. The van der Waals surface area contributed by atoms with Crippen LogP contribution in [0, 0.1) is 13.8 Å². The van der Waals surface area contributed by atoms with Crippen LogP contribution in [0.1, 0.15) is 23.6 Å². The van der Waals surface area contributed by atoms with Crippen LogP contribution in [-0.2, 0) is 16.1 Å². The number of hydrogen-bond acceptors (Lipinski definition) is 3. The molecule has 0 fully saturated rings. The highest BCUT2D eigenvalue weighted by Crippen LogP contribution is 2.22. The van der Waals surface area contributed by atoms with Gasteiger partial charge in [-0.3, -0.25) is 9.59 Å². The van der Waals surface area contributed by atoms with E-state index in [1.54, 1.807) is 7.11 Å². The van der Waals surface area contributed by atoms with Crippen molar-refractivity contribution in [3.63, 3.8) is 0 Å². The first kappa shape index (κ1) is 18.5. The molecule has 132 valence electrons. The van der Waals surface area contributed by atoms with Crippen LogP contribution in [0.25, 0.3) is 0 Å². The van der Waals surface area contributed by atoms with E-state index in [1.165, 1.54) is 11.8 Å². The molecule has 25 heavy (non-hydrogen) atoms. The molecule has 1 N–H and O–H groups in total. The van der Waals surface area contributed by atoms with Crippen molar-refractivity contribution in [1.29, 1.82) is 0 Å². The summed E-state index contributed by atoms with van der Waals surface area (Å²) in [5.74, 6) is 0.337. The van der Waals surface area contributed by atoms with Crippen molar-refractivity contribution in [1.82, 2.24) is 5.32 Å². The van der Waals surface area contributed by atoms with E-state index in [0.29, 0.717) is 6.54 Å². The van der Waals surface area contributed by atoms with E-state index in [0.717, 1.165) is 28.1 Å². The number of benzene rings is 2. The van der Waals surface area contributed by atoms with Crippen molar-refractivity contribution in [3.8, 4) is 5.75 Å². The number of rotatable bonds is 6. The zero-order valence-corrected chi connectivity index (χ0v) is 15.1. The molecule has 0 saturated carbocycles. The molecule has 0 atom stereocenters. The maximum atomic E-state index is 12.4. The lowest BCUT2D eigenvalue weighted by Gasteiger charge is -2.23. The molecule has 0 heterocycles. The van der Waals surface area contributed by atoms with Gasteiger partial charge in [-0.15, -0.1) is 0 Å². The van der Waals surface area contributed by atoms with Crippen molar-refractivity contribution in [2.45, 2.75) is 27.3 Å². The van der Waals surface area contributed by atoms with Crippen molar-refractivity contribution >= 4 is 17.5 Å². The molecule has 5 nitrogen and oxygen atoms in total. The Morgan fingerprint density at radius 2 is 1.84 bits per heavy atom. The van der Waals surface area contributed by atoms with Gasteiger partial charge < -0.3 is 15.0 Å². The molecule has 5 heteroatoms. The summed E-state index contributed by atoms with van der Waals surface area (Å²) in [6, 6.07) is 13.4. The number of aryl methyl sites for hydroxylation is 2. The minimum atomic E-state index is -0.220. The monoisotopic (exact) mass is 340 g/mol. The van der Waals surface area contributed by atoms with Gasteiger partial charge in [0.25, 0.3) is 0 Å². The maximum Gasteiger partial charge on any atom is 0.240 e. The number of methoxy groups -OCH3 is 1. The highest BCUT2D eigenvalue weighted by atomic mass is 16.5. The number of nitrogens with one attached hydrogen (secondary N) is 1. The molecule has 2 amide bonds. The lowest BCUT2D eigenvalue weighted by atomic mass is 10.1. The van der Waals surface area contributed by atoms with E-state index in [4.69, 9.17) is 4.74 Å². The number of para-hydroxylation sites is 1. The number of amides is 2. The van der Waals surface area contributed by atoms with Crippen LogP contribution in [0.3, 0.4) is 0 Å². The lowest BCUT2D eigenvalue weighted by Crippen LogP contribution is -2.40. The molecule has 2 rings (SSSR count). The standard InChI is InChI=1S/C20H24N2O3/c1-14-9-10-15(2)18(11-14)22(16(3)23)13-20(24)21-12-17-7-5-6-8-19(17)25-4/h5-11H,12-13H2,1-4H3,(H,21,24). The van der Waals surface area contributed by atoms with E-state index in [2.05, 4.69) is 5.32 Å². The first-order valence-corrected chi connectivity index (χ1v) is 8.16. The molecule has 0 aromatic heterocycles. The Morgan fingerprint density at radius 1 is 1.12 bits per heavy atom. The largest absolute Gasteiger partial charge is 0.496 e. The number of carbonyl (C=O) groups is 2. The Bertz CT molecular complexity index is 771. The van der Waals surface area contributed by atoms with Crippen LogP contribution >= 0.6 is 0 Å². The van der Waals surface area contributed by atoms with Crippen LogP contribution in [0.4, 0.5) is 5.69 Å². The fraction of sp³-hybridized carbons (Fsp3) is 0.300. The second-order valence-electron chi connectivity index (χ2n) is 5.98. The summed E-state index contributed by atoms with van der Waals surface area (Å²) in [4.78, 5) is 25.9. The zero-order valence-electron chi connectivity index (χ0n) is 15.1. The first-order valence-electron chi connectivity index (χ1n) is 8.16. The fourth-order valence-corrected chi connectivity index (χ4v) is 2.62. The molecule has 0 unspecified atom stereocenters. The van der Waals surface area contributed by atoms with Gasteiger partial charge >= 0.3 is 0 Å². The van der Waals surface area contributed by atoms with Gasteiger partial charge in [0.05, 0.1) is 7.11 Å². The predicted octanol–water partition coefficient (Wildman–Crippen LogP) is 2.98. The number of nitrogens with zero attached hydrogens (tertiary/aromatic N) is 1. The number of anilines is 1. The van der Waals surface area contributed by atoms with Crippen molar-refractivity contribution in [2.75, 3.05) is 18.6 Å². The summed E-state index contributed by atoms with van der Waals surface area (Å²) < 4.78 is 5.28. The number of carbonyl (C=O) groups excluding carboxylic acids is 2. The van der Waals surface area contributed by atoms with Gasteiger partial charge in [-0.25, -0.2) is 0 Å². The number of ether oxygens (including phenoxy) is 1. The molecule has 0 bridgehead atoms. The molecule has 0 saturated heterocycles. The van der Waals surface area contributed by atoms with E-state index >= 15 is 0 Å². The van der Waals surface area contributed by atoms with Gasteiger partial charge in [0.1, 0.15) is 12.3 Å². The van der Waals surface area contributed by atoms with Crippen molar-refractivity contribution in [3.05, 3.63) is 59.2 Å². The average Bonchev–Trinajstić information content (AvgIpc) is 2.60. The predicted molar refractivity (Wildman–Crippen MR) is 98.8 cm³/mol. The SMILES string of the molecule is COc1ccccc1CNC(=O)CN(C(C)=O)c1cc(C)ccc1C. The minimum Gasteiger partial charge on any atom is -0.496 e. The van der Waals surface area contributed by atoms with E-state index in [1.807, 2.05) is 56.3 Å². The molecule has 0 spiro atoms. The van der Waals surface area contributed by atoms with Crippen molar-refractivity contribution in [2.24, 2.45) is 0 Å². The van der Waals surface area contributed by atoms with Gasteiger partial charge in [-0.1, -0.05) is 30.3 Å². The lowest BCUT2D eigenvalue weighted by molar-refractivity contribution is -0.123. The average molecular weight is 340 g/mol. The van der Waals surface area contributed by atoms with Gasteiger partial charge in [0.2, 0.25) is 11.8 Å². The first-order chi connectivity index (χ1) is 11.9. The van der Waals surface area contributed by atoms with Gasteiger partial charge in [-0.2, -0.15) is 0 Å². The fourth-order valence-electron chi connectivity index (χ4n) is 2.62. The summed E-state index contributed by atoms with van der Waals surface area (Å²) >= 11 is 0. The van der Waals surface area contributed by atoms with Gasteiger partial charge in [-0.05, 0) is 37.1 Å². The second-order valence-corrected chi connectivity index (χ2v) is 5.98. The van der Waals surface area contributed by atoms with Crippen LogP contribution in [0.5, 0.6) is 5.75 Å². The summed E-state index contributed by atoms with van der Waals surface area (Å²) in [5, 5.41) is 2.85. The van der Waals surface area contributed by atoms with Gasteiger partial charge in [0, 0.05) is 24.7 Å². The molecule has 0 aliphatic rings. The maximum absolute atomic E-state index is 12.4. The summed E-state index contributed by atoms with van der Waals surface area (Å²) in [6.07, 6.45) is 0. The summed E-state index contributed by atoms with van der Waals surface area (Å²) in [7, 11) is 1.60. The molecular weight excluding hydrogens is 316 g/mol. The Hall–Kier alpha value is -2.82. The van der Waals surface area contributed by atoms with Crippen LogP contribution in [0.15, 0.2) is 42.5 Å². The zero-order chi connectivity index (χ0) is 18.4. The molecule has 0 radical (unpaired) electrons. The third kappa shape index (κ3) is 4.83. The smallest absolute Gasteiger partial charge is 0.240 e. The Kier molecular flexibility index (Phi) is 6.17. The Labute approximate surface area is 148 Å². The molecular formula is C20H24N2O3. The summed E-state index contributed by atoms with van der Waals surface area (Å²) in [5.41, 5.74) is 3.65. The van der Waals surface area contributed by atoms with E-state index in [-0.39, 0.29) is 18.4 Å². The molecule has 2 aromatic carbocycles. The third-order valence-corrected chi connectivity index (χ3v) is 4.01. The molecule has 2 aromatic rings. The van der Waals surface area contributed by atoms with Crippen LogP contribution < -0.4 is 15.0 Å². The van der Waals surface area contributed by atoms with Crippen LogP contribution in [-0.4, -0.2) is 25.5 Å². The molecule has 0 aliphatic heterocycles. The van der Waals surface area contributed by atoms with Crippen molar-refractivity contribution < 1.29 is 14.3 Å². The molecule has 0 aliphatic carbocycles.